The lowest BCUT2D eigenvalue weighted by Gasteiger charge is -2.37. The molecule has 2 fully saturated rings. The summed E-state index contributed by atoms with van der Waals surface area (Å²) in [5, 5.41) is 0. The molecular formula is C19H22F2N4O. The van der Waals surface area contributed by atoms with Gasteiger partial charge in [-0.3, -0.25) is 0 Å². The van der Waals surface area contributed by atoms with Crippen LogP contribution in [0.4, 0.5) is 20.3 Å². The first-order valence-corrected chi connectivity index (χ1v) is 8.95. The van der Waals surface area contributed by atoms with Crippen LogP contribution < -0.4 is 14.5 Å². The summed E-state index contributed by atoms with van der Waals surface area (Å²) in [6.45, 7) is 3.02. The van der Waals surface area contributed by atoms with E-state index in [-0.39, 0.29) is 11.6 Å². The van der Waals surface area contributed by atoms with E-state index in [2.05, 4.69) is 19.8 Å². The van der Waals surface area contributed by atoms with Crippen LogP contribution in [0, 0.1) is 0 Å². The van der Waals surface area contributed by atoms with Crippen molar-refractivity contribution in [3.8, 4) is 5.75 Å². The van der Waals surface area contributed by atoms with E-state index in [4.69, 9.17) is 4.74 Å². The molecule has 1 aromatic carbocycles. The van der Waals surface area contributed by atoms with E-state index >= 15 is 0 Å². The van der Waals surface area contributed by atoms with Crippen LogP contribution in [0.5, 0.6) is 5.75 Å². The zero-order valence-corrected chi connectivity index (χ0v) is 14.7. The van der Waals surface area contributed by atoms with Crippen molar-refractivity contribution in [3.05, 3.63) is 41.9 Å². The lowest BCUT2D eigenvalue weighted by molar-refractivity contribution is 0.145. The Balaban J connectivity index is 1.51. The van der Waals surface area contributed by atoms with Crippen molar-refractivity contribution in [2.75, 3.05) is 43.1 Å². The number of piperazine rings is 1. The number of aromatic nitrogens is 2. The summed E-state index contributed by atoms with van der Waals surface area (Å²) in [6, 6.07) is 9.37. The quantitative estimate of drug-likeness (QED) is 0.815. The van der Waals surface area contributed by atoms with E-state index in [9.17, 15) is 8.78 Å². The van der Waals surface area contributed by atoms with Gasteiger partial charge in [0.25, 0.3) is 6.43 Å². The molecule has 2 aliphatic rings. The second kappa shape index (κ2) is 7.05. The van der Waals surface area contributed by atoms with Crippen LogP contribution in [0.15, 0.2) is 30.3 Å². The number of halogens is 2. The predicted octanol–water partition coefficient (Wildman–Crippen LogP) is 3.63. The highest BCUT2D eigenvalue weighted by molar-refractivity contribution is 5.59. The Morgan fingerprint density at radius 1 is 1.04 bits per heavy atom. The van der Waals surface area contributed by atoms with Crippen LogP contribution in [0.1, 0.15) is 36.7 Å². The molecule has 1 saturated carbocycles. The van der Waals surface area contributed by atoms with Crippen molar-refractivity contribution < 1.29 is 13.5 Å². The number of nitrogens with zero attached hydrogens (tertiary/aromatic N) is 4. The van der Waals surface area contributed by atoms with E-state index in [1.165, 1.54) is 6.07 Å². The van der Waals surface area contributed by atoms with E-state index in [0.717, 1.165) is 50.5 Å². The Kier molecular flexibility index (Phi) is 4.61. The highest BCUT2D eigenvalue weighted by atomic mass is 19.3. The van der Waals surface area contributed by atoms with Crippen LogP contribution in [0.3, 0.4) is 0 Å². The van der Waals surface area contributed by atoms with Crippen LogP contribution in [0.2, 0.25) is 0 Å². The third-order valence-electron chi connectivity index (χ3n) is 4.95. The normalized spacial score (nSPS) is 17.7. The van der Waals surface area contributed by atoms with Gasteiger partial charge >= 0.3 is 0 Å². The van der Waals surface area contributed by atoms with Crippen LogP contribution >= 0.6 is 0 Å². The molecule has 0 bridgehead atoms. The topological polar surface area (TPSA) is 41.5 Å². The Hall–Kier alpha value is -2.44. The first-order chi connectivity index (χ1) is 12.7. The smallest absolute Gasteiger partial charge is 0.280 e. The minimum Gasteiger partial charge on any atom is -0.495 e. The third kappa shape index (κ3) is 3.43. The second-order valence-electron chi connectivity index (χ2n) is 6.73. The summed E-state index contributed by atoms with van der Waals surface area (Å²) in [5.41, 5.74) is 0.897. The van der Waals surface area contributed by atoms with E-state index in [0.29, 0.717) is 11.6 Å². The molecule has 0 amide bonds. The molecule has 1 aliphatic carbocycles. The van der Waals surface area contributed by atoms with Crippen molar-refractivity contribution in [1.29, 1.82) is 0 Å². The molecule has 0 unspecified atom stereocenters. The van der Waals surface area contributed by atoms with E-state index in [1.54, 1.807) is 7.11 Å². The Labute approximate surface area is 151 Å². The number of hydrogen-bond acceptors (Lipinski definition) is 5. The Morgan fingerprint density at radius 2 is 1.73 bits per heavy atom. The zero-order valence-electron chi connectivity index (χ0n) is 14.7. The second-order valence-corrected chi connectivity index (χ2v) is 6.73. The van der Waals surface area contributed by atoms with Crippen molar-refractivity contribution in [3.63, 3.8) is 0 Å². The first-order valence-electron chi connectivity index (χ1n) is 8.95. The summed E-state index contributed by atoms with van der Waals surface area (Å²) in [5.74, 6) is 2.29. The molecule has 0 radical (unpaired) electrons. The lowest BCUT2D eigenvalue weighted by Crippen LogP contribution is -2.47. The summed E-state index contributed by atoms with van der Waals surface area (Å²) < 4.78 is 31.9. The van der Waals surface area contributed by atoms with Crippen molar-refractivity contribution in [1.82, 2.24) is 9.97 Å². The molecule has 26 heavy (non-hydrogen) atoms. The maximum absolute atomic E-state index is 13.2. The molecule has 0 spiro atoms. The van der Waals surface area contributed by atoms with E-state index in [1.807, 2.05) is 24.3 Å². The zero-order chi connectivity index (χ0) is 18.1. The highest BCUT2D eigenvalue weighted by Gasteiger charge is 2.30. The van der Waals surface area contributed by atoms with Gasteiger partial charge < -0.3 is 14.5 Å². The maximum Gasteiger partial charge on any atom is 0.280 e. The molecule has 5 nitrogen and oxygen atoms in total. The third-order valence-corrected chi connectivity index (χ3v) is 4.95. The Bertz CT molecular complexity index is 754. The highest BCUT2D eigenvalue weighted by Crippen LogP contribution is 2.39. The molecule has 0 N–H and O–H groups in total. The van der Waals surface area contributed by atoms with Gasteiger partial charge in [0.2, 0.25) is 0 Å². The fourth-order valence-electron chi connectivity index (χ4n) is 3.34. The fraction of sp³-hybridized carbons (Fsp3) is 0.474. The summed E-state index contributed by atoms with van der Waals surface area (Å²) in [6.07, 6.45) is -0.578. The summed E-state index contributed by atoms with van der Waals surface area (Å²) in [4.78, 5) is 13.0. The predicted molar refractivity (Wildman–Crippen MR) is 96.4 cm³/mol. The number of rotatable bonds is 5. The van der Waals surface area contributed by atoms with Gasteiger partial charge in [0.05, 0.1) is 12.8 Å². The molecule has 0 atom stereocenters. The largest absolute Gasteiger partial charge is 0.495 e. The first kappa shape index (κ1) is 17.0. The number of alkyl halides is 2. The van der Waals surface area contributed by atoms with Crippen molar-refractivity contribution in [2.45, 2.75) is 25.2 Å². The van der Waals surface area contributed by atoms with Crippen LogP contribution in [-0.4, -0.2) is 43.3 Å². The molecule has 1 saturated heterocycles. The van der Waals surface area contributed by atoms with Gasteiger partial charge in [-0.2, -0.15) is 0 Å². The van der Waals surface area contributed by atoms with Gasteiger partial charge in [0.15, 0.2) is 0 Å². The number of hydrogen-bond donors (Lipinski definition) is 0. The number of para-hydroxylation sites is 2. The fourth-order valence-corrected chi connectivity index (χ4v) is 3.34. The minimum absolute atomic E-state index is 0.163. The van der Waals surface area contributed by atoms with Gasteiger partial charge in [0, 0.05) is 38.2 Å². The molecule has 1 aliphatic heterocycles. The van der Waals surface area contributed by atoms with Gasteiger partial charge in [-0.25, -0.2) is 18.7 Å². The number of anilines is 2. The van der Waals surface area contributed by atoms with E-state index < -0.39 is 6.43 Å². The van der Waals surface area contributed by atoms with Gasteiger partial charge in [0.1, 0.15) is 23.1 Å². The molecule has 138 valence electrons. The molecule has 1 aromatic heterocycles. The van der Waals surface area contributed by atoms with Crippen LogP contribution in [0.25, 0.3) is 0 Å². The molecule has 2 aromatic rings. The van der Waals surface area contributed by atoms with Gasteiger partial charge in [-0.15, -0.1) is 0 Å². The summed E-state index contributed by atoms with van der Waals surface area (Å²) in [7, 11) is 1.67. The molecule has 7 heteroatoms. The number of methoxy groups -OCH3 is 1. The van der Waals surface area contributed by atoms with Crippen LogP contribution in [-0.2, 0) is 0 Å². The Morgan fingerprint density at radius 3 is 2.38 bits per heavy atom. The SMILES string of the molecule is COc1ccccc1N1CCN(c2cc(C(F)F)nc(C3CC3)n2)CC1. The number of benzene rings is 1. The minimum atomic E-state index is -2.57. The standard InChI is InChI=1S/C19H22F2N4O/c1-26-16-5-3-2-4-15(16)24-8-10-25(11-9-24)17-12-14(18(20)21)22-19(23-17)13-6-7-13/h2-5,12-13,18H,6-11H2,1H3. The molecule has 4 rings (SSSR count). The average molecular weight is 360 g/mol. The monoisotopic (exact) mass is 360 g/mol. The average Bonchev–Trinajstić information content (AvgIpc) is 3.53. The molecule has 2 heterocycles. The number of ether oxygens (including phenoxy) is 1. The van der Waals surface area contributed by atoms with Gasteiger partial charge in [-0.05, 0) is 25.0 Å². The van der Waals surface area contributed by atoms with Gasteiger partial charge in [-0.1, -0.05) is 12.1 Å². The lowest BCUT2D eigenvalue weighted by atomic mass is 10.2. The van der Waals surface area contributed by atoms with Crippen molar-refractivity contribution in [2.24, 2.45) is 0 Å². The van der Waals surface area contributed by atoms with Crippen molar-refractivity contribution >= 4 is 11.5 Å². The summed E-state index contributed by atoms with van der Waals surface area (Å²) >= 11 is 0. The molecular weight excluding hydrogens is 338 g/mol. The maximum atomic E-state index is 13.2.